The Hall–Kier alpha value is -1.61. The van der Waals surface area contributed by atoms with Crippen LogP contribution in [0.3, 0.4) is 0 Å². The fourth-order valence-corrected chi connectivity index (χ4v) is 2.28. The van der Waals surface area contributed by atoms with E-state index in [1.807, 2.05) is 18.2 Å². The van der Waals surface area contributed by atoms with Crippen molar-refractivity contribution in [3.63, 3.8) is 0 Å². The summed E-state index contributed by atoms with van der Waals surface area (Å²) < 4.78 is 0.920. The Morgan fingerprint density at radius 2 is 1.90 bits per heavy atom. The first-order valence-electron chi connectivity index (χ1n) is 6.72. The van der Waals surface area contributed by atoms with Crippen LogP contribution in [-0.4, -0.2) is 11.3 Å². The molecule has 0 aliphatic carbocycles. The van der Waals surface area contributed by atoms with Gasteiger partial charge in [-0.3, -0.25) is 4.99 Å². The monoisotopic (exact) mass is 331 g/mol. The number of aliphatic imine (C=N–C) groups is 1. The van der Waals surface area contributed by atoms with Crippen molar-refractivity contribution in [2.45, 2.75) is 26.2 Å². The minimum absolute atomic E-state index is 0.230. The zero-order valence-electron chi connectivity index (χ0n) is 11.7. The predicted molar refractivity (Wildman–Crippen MR) is 88.2 cm³/mol. The molecule has 0 aliphatic rings. The highest BCUT2D eigenvalue weighted by Crippen LogP contribution is 2.23. The van der Waals surface area contributed by atoms with Crippen molar-refractivity contribution in [3.8, 4) is 5.75 Å². The number of rotatable bonds is 4. The smallest absolute Gasteiger partial charge is 0.124 e. The van der Waals surface area contributed by atoms with Gasteiger partial charge in [0, 0.05) is 16.3 Å². The summed E-state index contributed by atoms with van der Waals surface area (Å²) >= 11 is 3.38. The molecular formula is C17H18BrNO. The standard InChI is InChI=1S/C17H18BrNO/c1-3-12(2)13-4-7-16(8-5-13)19-11-14-10-15(18)6-9-17(14)20/h4-12,20H,3H2,1-2H3. The van der Waals surface area contributed by atoms with E-state index in [9.17, 15) is 5.11 Å². The van der Waals surface area contributed by atoms with Gasteiger partial charge in [-0.15, -0.1) is 0 Å². The predicted octanol–water partition coefficient (Wildman–Crippen LogP) is 5.42. The van der Waals surface area contributed by atoms with Gasteiger partial charge < -0.3 is 5.11 Å². The first kappa shape index (κ1) is 14.8. The quantitative estimate of drug-likeness (QED) is 0.745. The van der Waals surface area contributed by atoms with E-state index in [0.29, 0.717) is 11.5 Å². The summed E-state index contributed by atoms with van der Waals surface area (Å²) in [5, 5.41) is 9.75. The van der Waals surface area contributed by atoms with Crippen molar-refractivity contribution in [2.24, 2.45) is 4.99 Å². The topological polar surface area (TPSA) is 32.6 Å². The van der Waals surface area contributed by atoms with Gasteiger partial charge in [-0.1, -0.05) is 41.9 Å². The van der Waals surface area contributed by atoms with Crippen molar-refractivity contribution in [3.05, 3.63) is 58.1 Å². The molecule has 20 heavy (non-hydrogen) atoms. The second kappa shape index (κ2) is 6.71. The van der Waals surface area contributed by atoms with Gasteiger partial charge in [0.1, 0.15) is 5.75 Å². The molecule has 2 aromatic carbocycles. The van der Waals surface area contributed by atoms with Crippen LogP contribution >= 0.6 is 15.9 Å². The maximum absolute atomic E-state index is 9.75. The number of phenolic OH excluding ortho intramolecular Hbond substituents is 1. The zero-order chi connectivity index (χ0) is 14.5. The highest BCUT2D eigenvalue weighted by molar-refractivity contribution is 9.10. The molecule has 0 saturated carbocycles. The summed E-state index contributed by atoms with van der Waals surface area (Å²) in [6.45, 7) is 4.41. The Morgan fingerprint density at radius 1 is 1.20 bits per heavy atom. The SMILES string of the molecule is CCC(C)c1ccc(N=Cc2cc(Br)ccc2O)cc1. The van der Waals surface area contributed by atoms with Gasteiger partial charge >= 0.3 is 0 Å². The van der Waals surface area contributed by atoms with E-state index in [0.717, 1.165) is 16.6 Å². The second-order valence-corrected chi connectivity index (χ2v) is 5.78. The van der Waals surface area contributed by atoms with Crippen LogP contribution in [0.15, 0.2) is 51.9 Å². The van der Waals surface area contributed by atoms with Gasteiger partial charge in [-0.2, -0.15) is 0 Å². The van der Waals surface area contributed by atoms with E-state index in [1.165, 1.54) is 5.56 Å². The Labute approximate surface area is 128 Å². The van der Waals surface area contributed by atoms with Crippen LogP contribution in [0.1, 0.15) is 37.3 Å². The van der Waals surface area contributed by atoms with Crippen molar-refractivity contribution in [1.29, 1.82) is 0 Å². The molecule has 1 unspecified atom stereocenters. The minimum atomic E-state index is 0.230. The van der Waals surface area contributed by atoms with E-state index in [1.54, 1.807) is 18.3 Å². The molecule has 0 radical (unpaired) electrons. The van der Waals surface area contributed by atoms with Gasteiger partial charge in [-0.25, -0.2) is 0 Å². The molecule has 0 spiro atoms. The first-order valence-corrected chi connectivity index (χ1v) is 7.52. The van der Waals surface area contributed by atoms with Crippen LogP contribution in [0.5, 0.6) is 5.75 Å². The molecule has 3 heteroatoms. The molecule has 2 aromatic rings. The molecule has 2 rings (SSSR count). The van der Waals surface area contributed by atoms with E-state index in [2.05, 4.69) is 46.9 Å². The van der Waals surface area contributed by atoms with Gasteiger partial charge in [-0.05, 0) is 48.2 Å². The lowest BCUT2D eigenvalue weighted by atomic mass is 9.99. The van der Waals surface area contributed by atoms with Crippen LogP contribution in [0, 0.1) is 0 Å². The van der Waals surface area contributed by atoms with Crippen LogP contribution in [0.4, 0.5) is 5.69 Å². The number of hydrogen-bond acceptors (Lipinski definition) is 2. The van der Waals surface area contributed by atoms with Gasteiger partial charge in [0.2, 0.25) is 0 Å². The summed E-state index contributed by atoms with van der Waals surface area (Å²) in [7, 11) is 0. The average Bonchev–Trinajstić information content (AvgIpc) is 2.48. The zero-order valence-corrected chi connectivity index (χ0v) is 13.3. The van der Waals surface area contributed by atoms with Crippen molar-refractivity contribution in [1.82, 2.24) is 0 Å². The average molecular weight is 332 g/mol. The van der Waals surface area contributed by atoms with Crippen molar-refractivity contribution >= 4 is 27.8 Å². The molecule has 0 aliphatic heterocycles. The van der Waals surface area contributed by atoms with Gasteiger partial charge in [0.25, 0.3) is 0 Å². The van der Waals surface area contributed by atoms with E-state index in [4.69, 9.17) is 0 Å². The van der Waals surface area contributed by atoms with E-state index in [-0.39, 0.29) is 5.75 Å². The van der Waals surface area contributed by atoms with Crippen molar-refractivity contribution < 1.29 is 5.11 Å². The molecule has 1 atom stereocenters. The van der Waals surface area contributed by atoms with Crippen LogP contribution in [0.2, 0.25) is 0 Å². The number of halogens is 1. The van der Waals surface area contributed by atoms with E-state index >= 15 is 0 Å². The molecule has 0 amide bonds. The molecule has 0 saturated heterocycles. The third-order valence-electron chi connectivity index (χ3n) is 3.42. The van der Waals surface area contributed by atoms with Crippen LogP contribution in [-0.2, 0) is 0 Å². The lowest BCUT2D eigenvalue weighted by molar-refractivity contribution is 0.474. The Kier molecular flexibility index (Phi) is 4.96. The summed E-state index contributed by atoms with van der Waals surface area (Å²) in [5.74, 6) is 0.801. The molecule has 1 N–H and O–H groups in total. The molecule has 0 bridgehead atoms. The second-order valence-electron chi connectivity index (χ2n) is 4.86. The fraction of sp³-hybridized carbons (Fsp3) is 0.235. The summed E-state index contributed by atoms with van der Waals surface area (Å²) in [4.78, 5) is 4.40. The van der Waals surface area contributed by atoms with Crippen LogP contribution < -0.4 is 0 Å². The summed E-state index contributed by atoms with van der Waals surface area (Å²) in [6.07, 6.45) is 2.81. The summed E-state index contributed by atoms with van der Waals surface area (Å²) in [6, 6.07) is 13.5. The fourth-order valence-electron chi connectivity index (χ4n) is 1.90. The Bertz CT molecular complexity index is 605. The highest BCUT2D eigenvalue weighted by atomic mass is 79.9. The Balaban J connectivity index is 2.17. The molecule has 0 heterocycles. The minimum Gasteiger partial charge on any atom is -0.507 e. The van der Waals surface area contributed by atoms with Crippen molar-refractivity contribution in [2.75, 3.05) is 0 Å². The maximum atomic E-state index is 9.75. The van der Waals surface area contributed by atoms with E-state index < -0.39 is 0 Å². The molecule has 104 valence electrons. The number of benzene rings is 2. The Morgan fingerprint density at radius 3 is 2.55 bits per heavy atom. The number of aromatic hydroxyl groups is 1. The molecule has 0 fully saturated rings. The lowest BCUT2D eigenvalue weighted by Gasteiger charge is -2.08. The first-order chi connectivity index (χ1) is 9.60. The highest BCUT2D eigenvalue weighted by Gasteiger charge is 2.02. The van der Waals surface area contributed by atoms with Gasteiger partial charge in [0.15, 0.2) is 0 Å². The van der Waals surface area contributed by atoms with Crippen LogP contribution in [0.25, 0.3) is 0 Å². The maximum Gasteiger partial charge on any atom is 0.124 e. The largest absolute Gasteiger partial charge is 0.507 e. The molecular weight excluding hydrogens is 314 g/mol. The van der Waals surface area contributed by atoms with Gasteiger partial charge in [0.05, 0.1) is 5.69 Å². The third-order valence-corrected chi connectivity index (χ3v) is 3.91. The number of phenols is 1. The number of hydrogen-bond donors (Lipinski definition) is 1. The number of nitrogens with zero attached hydrogens (tertiary/aromatic N) is 1. The molecule has 0 aromatic heterocycles. The normalized spacial score (nSPS) is 12.8. The molecule has 2 nitrogen and oxygen atoms in total. The lowest BCUT2D eigenvalue weighted by Crippen LogP contribution is -1.89. The third kappa shape index (κ3) is 3.70. The summed E-state index contributed by atoms with van der Waals surface area (Å²) in [5.41, 5.74) is 2.92.